The summed E-state index contributed by atoms with van der Waals surface area (Å²) >= 11 is 6.08. The van der Waals surface area contributed by atoms with Gasteiger partial charge in [0.05, 0.1) is 6.42 Å². The Kier molecular flexibility index (Phi) is 5.56. The van der Waals surface area contributed by atoms with Gasteiger partial charge in [-0.2, -0.15) is 0 Å². The highest BCUT2D eigenvalue weighted by Gasteiger charge is 2.22. The van der Waals surface area contributed by atoms with E-state index >= 15 is 0 Å². The Balaban J connectivity index is 1.53. The lowest BCUT2D eigenvalue weighted by Gasteiger charge is -2.35. The third-order valence-corrected chi connectivity index (χ3v) is 4.81. The standard InChI is InChI=1S/C19H20ClFN2O2/c20-17-2-1-3-18(21)16(17)13-22-8-10-23(11-9-22)19(25)12-14-4-6-15(24)7-5-14/h1-7,24H,8-13H2. The molecular formula is C19H20ClFN2O2. The first kappa shape index (κ1) is 17.7. The molecule has 1 aliphatic rings. The molecule has 0 unspecified atom stereocenters. The lowest BCUT2D eigenvalue weighted by Crippen LogP contribution is -2.48. The quantitative estimate of drug-likeness (QED) is 0.909. The van der Waals surface area contributed by atoms with Gasteiger partial charge in [-0.1, -0.05) is 29.8 Å². The smallest absolute Gasteiger partial charge is 0.227 e. The SMILES string of the molecule is O=C(Cc1ccc(O)cc1)N1CCN(Cc2c(F)cccc2Cl)CC1. The number of hydrogen-bond acceptors (Lipinski definition) is 3. The number of halogens is 2. The summed E-state index contributed by atoms with van der Waals surface area (Å²) in [6.45, 7) is 3.05. The van der Waals surface area contributed by atoms with Crippen molar-refractivity contribution in [3.63, 3.8) is 0 Å². The molecule has 0 saturated carbocycles. The van der Waals surface area contributed by atoms with E-state index in [2.05, 4.69) is 4.90 Å². The molecule has 1 N–H and O–H groups in total. The van der Waals surface area contributed by atoms with E-state index in [0.29, 0.717) is 49.7 Å². The number of aromatic hydroxyl groups is 1. The summed E-state index contributed by atoms with van der Waals surface area (Å²) in [4.78, 5) is 16.3. The van der Waals surface area contributed by atoms with Crippen LogP contribution in [0, 0.1) is 5.82 Å². The average Bonchev–Trinajstić information content (AvgIpc) is 2.61. The number of nitrogens with zero attached hydrogens (tertiary/aromatic N) is 2. The van der Waals surface area contributed by atoms with Crippen LogP contribution in [0.5, 0.6) is 5.75 Å². The minimum atomic E-state index is -0.293. The number of benzene rings is 2. The van der Waals surface area contributed by atoms with E-state index in [1.165, 1.54) is 6.07 Å². The maximum Gasteiger partial charge on any atom is 0.227 e. The van der Waals surface area contributed by atoms with Gasteiger partial charge < -0.3 is 10.0 Å². The second kappa shape index (κ2) is 7.85. The van der Waals surface area contributed by atoms with Gasteiger partial charge in [-0.3, -0.25) is 9.69 Å². The van der Waals surface area contributed by atoms with Crippen molar-refractivity contribution in [2.45, 2.75) is 13.0 Å². The van der Waals surface area contributed by atoms with Crippen molar-refractivity contribution in [1.29, 1.82) is 0 Å². The first-order valence-electron chi connectivity index (χ1n) is 8.24. The lowest BCUT2D eigenvalue weighted by atomic mass is 10.1. The number of carbonyl (C=O) groups is 1. The molecule has 1 saturated heterocycles. The molecule has 0 bridgehead atoms. The van der Waals surface area contributed by atoms with Crippen molar-refractivity contribution in [3.8, 4) is 5.75 Å². The van der Waals surface area contributed by atoms with E-state index in [0.717, 1.165) is 5.56 Å². The van der Waals surface area contributed by atoms with Gasteiger partial charge in [0, 0.05) is 43.3 Å². The number of hydrogen-bond donors (Lipinski definition) is 1. The summed E-state index contributed by atoms with van der Waals surface area (Å²) in [6.07, 6.45) is 0.319. The molecule has 6 heteroatoms. The summed E-state index contributed by atoms with van der Waals surface area (Å²) in [5.41, 5.74) is 1.39. The third-order valence-electron chi connectivity index (χ3n) is 4.46. The third kappa shape index (κ3) is 4.50. The Labute approximate surface area is 151 Å². The van der Waals surface area contributed by atoms with E-state index in [-0.39, 0.29) is 17.5 Å². The number of amides is 1. The zero-order valence-electron chi connectivity index (χ0n) is 13.8. The van der Waals surface area contributed by atoms with Gasteiger partial charge in [-0.15, -0.1) is 0 Å². The Morgan fingerprint density at radius 1 is 1.08 bits per heavy atom. The van der Waals surface area contributed by atoms with E-state index in [1.54, 1.807) is 36.4 Å². The highest BCUT2D eigenvalue weighted by molar-refractivity contribution is 6.31. The summed E-state index contributed by atoms with van der Waals surface area (Å²) in [5, 5.41) is 9.73. The lowest BCUT2D eigenvalue weighted by molar-refractivity contribution is -0.132. The predicted octanol–water partition coefficient (Wildman–Crippen LogP) is 3.07. The van der Waals surface area contributed by atoms with Crippen LogP contribution in [-0.4, -0.2) is 47.0 Å². The topological polar surface area (TPSA) is 43.8 Å². The molecule has 2 aromatic rings. The molecule has 2 aromatic carbocycles. The Bertz CT molecular complexity index is 723. The number of piperazine rings is 1. The van der Waals surface area contributed by atoms with Crippen molar-refractivity contribution >= 4 is 17.5 Å². The normalized spacial score (nSPS) is 15.4. The minimum Gasteiger partial charge on any atom is -0.508 e. The molecule has 25 heavy (non-hydrogen) atoms. The molecule has 132 valence electrons. The number of phenolic OH excluding ortho intramolecular Hbond substituents is 1. The maximum atomic E-state index is 13.9. The van der Waals surface area contributed by atoms with Crippen LogP contribution in [0.2, 0.25) is 5.02 Å². The summed E-state index contributed by atoms with van der Waals surface area (Å²) < 4.78 is 13.9. The van der Waals surface area contributed by atoms with Crippen LogP contribution in [0.3, 0.4) is 0 Å². The van der Waals surface area contributed by atoms with Crippen molar-refractivity contribution in [2.75, 3.05) is 26.2 Å². The van der Waals surface area contributed by atoms with Crippen LogP contribution in [-0.2, 0) is 17.8 Å². The van der Waals surface area contributed by atoms with Crippen LogP contribution in [0.25, 0.3) is 0 Å². The van der Waals surface area contributed by atoms with Gasteiger partial charge in [0.25, 0.3) is 0 Å². The number of carbonyl (C=O) groups excluding carboxylic acids is 1. The maximum absolute atomic E-state index is 13.9. The van der Waals surface area contributed by atoms with Gasteiger partial charge >= 0.3 is 0 Å². The fourth-order valence-electron chi connectivity index (χ4n) is 2.96. The molecular weight excluding hydrogens is 343 g/mol. The molecule has 4 nitrogen and oxygen atoms in total. The molecule has 1 fully saturated rings. The van der Waals surface area contributed by atoms with Crippen LogP contribution < -0.4 is 0 Å². The first-order valence-corrected chi connectivity index (χ1v) is 8.61. The Morgan fingerprint density at radius 3 is 2.40 bits per heavy atom. The monoisotopic (exact) mass is 362 g/mol. The van der Waals surface area contributed by atoms with Crippen molar-refractivity contribution in [3.05, 3.63) is 64.4 Å². The zero-order valence-corrected chi connectivity index (χ0v) is 14.5. The van der Waals surface area contributed by atoms with Gasteiger partial charge in [0.1, 0.15) is 11.6 Å². The summed E-state index contributed by atoms with van der Waals surface area (Å²) in [7, 11) is 0. The fraction of sp³-hybridized carbons (Fsp3) is 0.316. The summed E-state index contributed by atoms with van der Waals surface area (Å²) in [5.74, 6) is -0.0378. The van der Waals surface area contributed by atoms with Gasteiger partial charge in [0.2, 0.25) is 5.91 Å². The van der Waals surface area contributed by atoms with Crippen LogP contribution >= 0.6 is 11.6 Å². The fourth-order valence-corrected chi connectivity index (χ4v) is 3.19. The molecule has 0 aliphatic carbocycles. The molecule has 0 aromatic heterocycles. The van der Waals surface area contributed by atoms with Crippen LogP contribution in [0.15, 0.2) is 42.5 Å². The van der Waals surface area contributed by atoms with Crippen molar-refractivity contribution in [2.24, 2.45) is 0 Å². The molecule has 0 spiro atoms. The van der Waals surface area contributed by atoms with Crippen LogP contribution in [0.1, 0.15) is 11.1 Å². The second-order valence-electron chi connectivity index (χ2n) is 6.20. The van der Waals surface area contributed by atoms with Crippen LogP contribution in [0.4, 0.5) is 4.39 Å². The largest absolute Gasteiger partial charge is 0.508 e. The average molecular weight is 363 g/mol. The van der Waals surface area contributed by atoms with Gasteiger partial charge in [0.15, 0.2) is 0 Å². The first-order chi connectivity index (χ1) is 12.0. The highest BCUT2D eigenvalue weighted by Crippen LogP contribution is 2.21. The molecule has 1 amide bonds. The summed E-state index contributed by atoms with van der Waals surface area (Å²) in [6, 6.07) is 11.4. The van der Waals surface area contributed by atoms with Gasteiger partial charge in [-0.25, -0.2) is 4.39 Å². The van der Waals surface area contributed by atoms with E-state index in [4.69, 9.17) is 11.6 Å². The zero-order chi connectivity index (χ0) is 17.8. The molecule has 1 aliphatic heterocycles. The van der Waals surface area contributed by atoms with Gasteiger partial charge in [-0.05, 0) is 29.8 Å². The minimum absolute atomic E-state index is 0.0641. The molecule has 0 radical (unpaired) electrons. The number of phenols is 1. The highest BCUT2D eigenvalue weighted by atomic mass is 35.5. The Morgan fingerprint density at radius 2 is 1.76 bits per heavy atom. The van der Waals surface area contributed by atoms with E-state index in [1.807, 2.05) is 4.90 Å². The van der Waals surface area contributed by atoms with Crippen molar-refractivity contribution < 1.29 is 14.3 Å². The van der Waals surface area contributed by atoms with E-state index < -0.39 is 0 Å². The molecule has 1 heterocycles. The molecule has 3 rings (SSSR count). The second-order valence-corrected chi connectivity index (χ2v) is 6.61. The van der Waals surface area contributed by atoms with E-state index in [9.17, 15) is 14.3 Å². The Hall–Kier alpha value is -2.11. The number of rotatable bonds is 4. The molecule has 0 atom stereocenters. The predicted molar refractivity (Wildman–Crippen MR) is 95.1 cm³/mol. The van der Waals surface area contributed by atoms with Crippen molar-refractivity contribution in [1.82, 2.24) is 9.80 Å².